The molecule has 0 aliphatic carbocycles. The highest BCUT2D eigenvalue weighted by atomic mass is 31.2. The van der Waals surface area contributed by atoms with Gasteiger partial charge in [-0.1, -0.05) is 143 Å². The van der Waals surface area contributed by atoms with Gasteiger partial charge in [0.15, 0.2) is 6.10 Å². The van der Waals surface area contributed by atoms with Gasteiger partial charge in [-0.15, -0.1) is 0 Å². The number of carbonyl (C=O) groups excluding carboxylic acids is 2. The summed E-state index contributed by atoms with van der Waals surface area (Å²) in [5.74, 6) is -1.07. The molecule has 0 aliphatic heterocycles. The molecule has 0 saturated heterocycles. The summed E-state index contributed by atoms with van der Waals surface area (Å²) < 4.78 is 32.6. The summed E-state index contributed by atoms with van der Waals surface area (Å²) in [5, 5.41) is 18.3. The highest BCUT2D eigenvalue weighted by Crippen LogP contribution is 2.43. The Kier molecular flexibility index (Phi) is 38.8. The van der Waals surface area contributed by atoms with Crippen molar-refractivity contribution in [3.05, 3.63) is 97.2 Å². The molecule has 0 aromatic rings. The Morgan fingerprint density at radius 1 is 0.544 bits per heavy atom. The van der Waals surface area contributed by atoms with E-state index in [4.69, 9.17) is 19.1 Å². The second kappa shape index (κ2) is 41.1. The molecule has 0 aromatic carbocycles. The Hall–Kier alpha value is -3.11. The Morgan fingerprint density at radius 3 is 1.53 bits per heavy atom. The minimum absolute atomic E-state index is 0.104. The molecule has 0 saturated carbocycles. The van der Waals surface area contributed by atoms with Crippen molar-refractivity contribution in [3.63, 3.8) is 0 Å². The van der Waals surface area contributed by atoms with E-state index in [1.54, 1.807) is 0 Å². The van der Waals surface area contributed by atoms with Gasteiger partial charge in [-0.25, -0.2) is 4.57 Å². The van der Waals surface area contributed by atoms with Gasteiger partial charge in [0.25, 0.3) is 0 Å². The molecule has 0 radical (unpaired) electrons. The summed E-state index contributed by atoms with van der Waals surface area (Å²) in [6, 6.07) is 0. The van der Waals surface area contributed by atoms with Crippen LogP contribution in [0.2, 0.25) is 0 Å². The molecule has 324 valence electrons. The maximum atomic E-state index is 12.6. The number of unbranched alkanes of at least 4 members (excludes halogenated alkanes) is 8. The van der Waals surface area contributed by atoms with Gasteiger partial charge >= 0.3 is 19.8 Å². The normalized spacial score (nSPS) is 14.8. The van der Waals surface area contributed by atoms with E-state index in [-0.39, 0.29) is 19.4 Å². The first-order valence-corrected chi connectivity index (χ1v) is 22.7. The summed E-state index contributed by atoms with van der Waals surface area (Å²) >= 11 is 0. The zero-order valence-electron chi connectivity index (χ0n) is 35.0. The maximum Gasteiger partial charge on any atom is 0.472 e. The van der Waals surface area contributed by atoms with E-state index in [2.05, 4.69) is 103 Å². The molecular formula is C46H75O10P. The summed E-state index contributed by atoms with van der Waals surface area (Å²) in [5.41, 5.74) is 0. The minimum atomic E-state index is -4.65. The molecule has 0 amide bonds. The number of rotatable bonds is 38. The van der Waals surface area contributed by atoms with Gasteiger partial charge in [0.2, 0.25) is 0 Å². The average molecular weight is 819 g/mol. The van der Waals surface area contributed by atoms with Crippen LogP contribution >= 0.6 is 7.82 Å². The highest BCUT2D eigenvalue weighted by molar-refractivity contribution is 7.47. The number of esters is 2. The standard InChI is InChI=1S/C46H75O10P/c1-3-5-7-9-11-13-15-17-19-20-21-22-24-25-27-29-31-33-35-37-45(49)53-41-44(42-55-57(51,52)54-40-43(48)39-47)56-46(50)38-36-34-32-30-28-26-23-18-16-14-12-10-8-6-4-2/h5,7,11,13,17-19,21-23,25,27-28,30-31,33,43-44,47-48H,3-4,6,8-10,12,14-16,20,24,26,29,32,34-42H2,1-2H3,(H,51,52)/b7-5+,13-11+,19-17+,22-21+,23-18+,27-25+,30-28+,33-31+/t43-,44+/m0/s1. The van der Waals surface area contributed by atoms with Crippen LogP contribution in [0.15, 0.2) is 97.2 Å². The first-order valence-electron chi connectivity index (χ1n) is 21.2. The van der Waals surface area contributed by atoms with E-state index in [9.17, 15) is 24.2 Å². The first-order chi connectivity index (χ1) is 27.7. The van der Waals surface area contributed by atoms with Crippen LogP contribution in [0.25, 0.3) is 0 Å². The van der Waals surface area contributed by atoms with Crippen molar-refractivity contribution in [3.8, 4) is 0 Å². The molecule has 57 heavy (non-hydrogen) atoms. The molecule has 3 atom stereocenters. The van der Waals surface area contributed by atoms with E-state index < -0.39 is 51.8 Å². The van der Waals surface area contributed by atoms with Crippen LogP contribution in [0.4, 0.5) is 0 Å². The lowest BCUT2D eigenvalue weighted by molar-refractivity contribution is -0.161. The highest BCUT2D eigenvalue weighted by Gasteiger charge is 2.27. The van der Waals surface area contributed by atoms with Gasteiger partial charge in [0, 0.05) is 12.8 Å². The second-order valence-electron chi connectivity index (χ2n) is 13.6. The fourth-order valence-corrected chi connectivity index (χ4v) is 5.78. The molecule has 1 unspecified atom stereocenters. The summed E-state index contributed by atoms with van der Waals surface area (Å²) in [4.78, 5) is 34.9. The predicted octanol–water partition coefficient (Wildman–Crippen LogP) is 11.2. The topological polar surface area (TPSA) is 149 Å². The Morgan fingerprint density at radius 2 is 1.00 bits per heavy atom. The molecule has 3 N–H and O–H groups in total. The molecule has 0 aromatic heterocycles. The van der Waals surface area contributed by atoms with Crippen LogP contribution < -0.4 is 0 Å². The van der Waals surface area contributed by atoms with Gasteiger partial charge in [0.05, 0.1) is 19.8 Å². The van der Waals surface area contributed by atoms with Crippen LogP contribution in [-0.2, 0) is 32.7 Å². The number of carbonyl (C=O) groups is 2. The average Bonchev–Trinajstić information content (AvgIpc) is 3.20. The molecular weight excluding hydrogens is 743 g/mol. The molecule has 0 heterocycles. The lowest BCUT2D eigenvalue weighted by Crippen LogP contribution is -2.29. The maximum absolute atomic E-state index is 12.6. The molecule has 0 aliphatic rings. The Labute approximate surface area is 344 Å². The third-order valence-corrected chi connectivity index (χ3v) is 9.19. The summed E-state index contributed by atoms with van der Waals surface area (Å²) in [6.45, 7) is 2.11. The number of ether oxygens (including phenoxy) is 2. The Balaban J connectivity index is 4.51. The van der Waals surface area contributed by atoms with Crippen LogP contribution in [0, 0.1) is 0 Å². The quantitative estimate of drug-likeness (QED) is 0.0238. The van der Waals surface area contributed by atoms with Gasteiger partial charge < -0.3 is 24.6 Å². The molecule has 0 bridgehead atoms. The molecule has 11 heteroatoms. The smallest absolute Gasteiger partial charge is 0.462 e. The van der Waals surface area contributed by atoms with E-state index in [0.717, 1.165) is 64.2 Å². The first kappa shape index (κ1) is 53.9. The Bertz CT molecular complexity index is 1260. The number of aliphatic hydroxyl groups is 2. The number of hydrogen-bond donors (Lipinski definition) is 3. The SMILES string of the molecule is CC/C=C/C/C=C/C/C=C/C/C=C/C/C=C/C/C=C/CCC(=O)OC[C@H](COP(=O)(O)OC[C@@H](O)CO)OC(=O)CCCC/C=C/C/C=C/CCCCCCCC. The number of aliphatic hydroxyl groups excluding tert-OH is 2. The van der Waals surface area contributed by atoms with E-state index in [1.165, 1.54) is 38.5 Å². The summed E-state index contributed by atoms with van der Waals surface area (Å²) in [7, 11) is -4.65. The van der Waals surface area contributed by atoms with E-state index in [0.29, 0.717) is 12.8 Å². The minimum Gasteiger partial charge on any atom is -0.462 e. The van der Waals surface area contributed by atoms with Crippen molar-refractivity contribution >= 4 is 19.8 Å². The van der Waals surface area contributed by atoms with Gasteiger partial charge in [-0.05, 0) is 83.5 Å². The lowest BCUT2D eigenvalue weighted by Gasteiger charge is -2.20. The number of allylic oxidation sites excluding steroid dienone is 16. The van der Waals surface area contributed by atoms with Gasteiger partial charge in [-0.3, -0.25) is 18.6 Å². The van der Waals surface area contributed by atoms with Crippen LogP contribution in [0.1, 0.15) is 142 Å². The molecule has 10 nitrogen and oxygen atoms in total. The molecule has 0 fully saturated rings. The molecule has 0 spiro atoms. The van der Waals surface area contributed by atoms with Crippen LogP contribution in [0.5, 0.6) is 0 Å². The van der Waals surface area contributed by atoms with Gasteiger partial charge in [-0.2, -0.15) is 0 Å². The van der Waals surface area contributed by atoms with Crippen molar-refractivity contribution in [1.29, 1.82) is 0 Å². The van der Waals surface area contributed by atoms with Crippen molar-refractivity contribution in [2.24, 2.45) is 0 Å². The monoisotopic (exact) mass is 819 g/mol. The largest absolute Gasteiger partial charge is 0.472 e. The fourth-order valence-electron chi connectivity index (χ4n) is 4.99. The summed E-state index contributed by atoms with van der Waals surface area (Å²) in [6.07, 6.45) is 49.6. The second-order valence-corrected chi connectivity index (χ2v) is 15.1. The molecule has 0 rings (SSSR count). The van der Waals surface area contributed by atoms with Crippen molar-refractivity contribution in [2.75, 3.05) is 26.4 Å². The zero-order chi connectivity index (χ0) is 41.9. The number of phosphoric acid groups is 1. The third-order valence-electron chi connectivity index (χ3n) is 8.24. The van der Waals surface area contributed by atoms with Crippen LogP contribution in [0.3, 0.4) is 0 Å². The van der Waals surface area contributed by atoms with Crippen LogP contribution in [-0.4, -0.2) is 65.7 Å². The van der Waals surface area contributed by atoms with Gasteiger partial charge in [0.1, 0.15) is 12.7 Å². The number of phosphoric ester groups is 1. The predicted molar refractivity (Wildman–Crippen MR) is 232 cm³/mol. The fraction of sp³-hybridized carbons (Fsp3) is 0.609. The van der Waals surface area contributed by atoms with E-state index >= 15 is 0 Å². The number of hydrogen-bond acceptors (Lipinski definition) is 9. The van der Waals surface area contributed by atoms with E-state index in [1.807, 2.05) is 12.2 Å². The van der Waals surface area contributed by atoms with Crippen molar-refractivity contribution in [1.82, 2.24) is 0 Å². The van der Waals surface area contributed by atoms with Crippen molar-refractivity contribution < 1.29 is 47.8 Å². The zero-order valence-corrected chi connectivity index (χ0v) is 35.9. The lowest BCUT2D eigenvalue weighted by atomic mass is 10.1. The third kappa shape index (κ3) is 40.9. The van der Waals surface area contributed by atoms with Crippen molar-refractivity contribution in [2.45, 2.75) is 154 Å².